The van der Waals surface area contributed by atoms with Gasteiger partial charge < -0.3 is 4.42 Å². The Morgan fingerprint density at radius 3 is 1.87 bits per heavy atom. The van der Waals surface area contributed by atoms with Crippen molar-refractivity contribution in [3.05, 3.63) is 169 Å². The van der Waals surface area contributed by atoms with E-state index in [1.807, 2.05) is 24.3 Å². The maximum absolute atomic E-state index is 5.96. The lowest BCUT2D eigenvalue weighted by Crippen LogP contribution is -1.84. The van der Waals surface area contributed by atoms with Crippen molar-refractivity contribution in [2.75, 3.05) is 0 Å². The lowest BCUT2D eigenvalue weighted by atomic mass is 9.97. The number of fused-ring (bicyclic) bond motifs is 2. The molecule has 0 atom stereocenters. The van der Waals surface area contributed by atoms with Gasteiger partial charge in [-0.15, -0.1) is 0 Å². The first kappa shape index (κ1) is 28.8. The lowest BCUT2D eigenvalue weighted by Gasteiger charge is -2.08. The summed E-state index contributed by atoms with van der Waals surface area (Å²) in [5.41, 5.74) is 12.5. The van der Waals surface area contributed by atoms with E-state index >= 15 is 0 Å². The van der Waals surface area contributed by atoms with Crippen molar-refractivity contribution < 1.29 is 4.42 Å². The Balaban J connectivity index is 1.00. The molecular formula is C42H28INOS. The first-order valence-corrected chi connectivity index (χ1v) is 18.6. The number of hydrogen-bond acceptors (Lipinski definition) is 3. The molecule has 1 aromatic heterocycles. The highest BCUT2D eigenvalue weighted by atomic mass is 127. The van der Waals surface area contributed by atoms with Gasteiger partial charge in [-0.25, -0.2) is 4.98 Å². The van der Waals surface area contributed by atoms with E-state index in [0.717, 1.165) is 23.1 Å². The minimum absolute atomic E-state index is 0.646. The molecule has 2 nitrogen and oxygen atoms in total. The van der Waals surface area contributed by atoms with Crippen molar-refractivity contribution >= 4 is 63.2 Å². The quantitative estimate of drug-likeness (QED) is 0.160. The molecule has 6 aromatic carbocycles. The molecule has 1 aliphatic carbocycles. The normalized spacial score (nSPS) is 13.1. The van der Waals surface area contributed by atoms with Crippen LogP contribution in [0.25, 0.3) is 66.7 Å². The molecule has 0 radical (unpaired) electrons. The molecule has 0 amide bonds. The number of benzene rings is 6. The van der Waals surface area contributed by atoms with Crippen molar-refractivity contribution in [1.29, 1.82) is 0 Å². The van der Waals surface area contributed by atoms with Gasteiger partial charge in [-0.3, -0.25) is 0 Å². The van der Waals surface area contributed by atoms with Crippen LogP contribution in [0.4, 0.5) is 0 Å². The third-order valence-corrected chi connectivity index (χ3v) is 10.5. The summed E-state index contributed by atoms with van der Waals surface area (Å²) in [6, 6.07) is 47.4. The first-order chi connectivity index (χ1) is 22.7. The summed E-state index contributed by atoms with van der Waals surface area (Å²) in [5.74, 6) is 0.646. The highest BCUT2D eigenvalue weighted by molar-refractivity contribution is 14.2. The minimum atomic E-state index is 0.646. The van der Waals surface area contributed by atoms with Crippen LogP contribution in [0, 0.1) is 0 Å². The number of rotatable bonds is 6. The summed E-state index contributed by atoms with van der Waals surface area (Å²) in [4.78, 5) is 5.91. The largest absolute Gasteiger partial charge is 0.436 e. The topological polar surface area (TPSA) is 26.0 Å². The molecule has 0 bridgehead atoms. The third-order valence-electron chi connectivity index (χ3n) is 8.56. The predicted molar refractivity (Wildman–Crippen MR) is 204 cm³/mol. The molecule has 7 aromatic rings. The number of nitrogens with zero attached hydrogens (tertiary/aromatic N) is 1. The molecular weight excluding hydrogens is 693 g/mol. The SMILES string of the molecule is ISc1ccc(-c2ccc(C3=CC=C(c4ccc5cc(-c6ccc(-c7nc8ccccc8o7)cc6)ccc5c4)C=CC3)cc2)cc1. The predicted octanol–water partition coefficient (Wildman–Crippen LogP) is 12.9. The molecule has 0 saturated carbocycles. The number of aromatic nitrogens is 1. The summed E-state index contributed by atoms with van der Waals surface area (Å²) in [6.45, 7) is 0. The molecule has 4 heteroatoms. The van der Waals surface area contributed by atoms with Gasteiger partial charge in [0.1, 0.15) is 5.52 Å². The molecule has 1 heterocycles. The van der Waals surface area contributed by atoms with Gasteiger partial charge in [-0.1, -0.05) is 118 Å². The number of halogens is 1. The molecule has 220 valence electrons. The standard InChI is InChI=1S/C42H28INOS/c43-46-39-24-22-32(23-25-39)31-12-10-30(11-13-31)28-4-3-5-29(9-8-28)35-18-20-38-27-36(19-21-37(38)26-35)33-14-16-34(17-15-33)42-44-40-6-1-2-7-41(40)45-42/h1-3,5-27H,4H2. The van der Waals surface area contributed by atoms with E-state index in [1.165, 1.54) is 60.2 Å². The Morgan fingerprint density at radius 2 is 1.15 bits per heavy atom. The van der Waals surface area contributed by atoms with Crippen molar-refractivity contribution in [2.45, 2.75) is 11.3 Å². The second-order valence-corrected chi connectivity index (χ2v) is 13.4. The Hall–Kier alpha value is -4.65. The van der Waals surface area contributed by atoms with Gasteiger partial charge >= 0.3 is 0 Å². The molecule has 0 spiro atoms. The zero-order valence-electron chi connectivity index (χ0n) is 24.9. The van der Waals surface area contributed by atoms with Crippen LogP contribution in [0.1, 0.15) is 17.5 Å². The van der Waals surface area contributed by atoms with Gasteiger partial charge in [0.25, 0.3) is 0 Å². The number of oxazole rings is 1. The number of para-hydroxylation sites is 2. The summed E-state index contributed by atoms with van der Waals surface area (Å²) >= 11 is 2.32. The Labute approximate surface area is 284 Å². The van der Waals surface area contributed by atoms with Gasteiger partial charge in [-0.2, -0.15) is 0 Å². The van der Waals surface area contributed by atoms with E-state index < -0.39 is 0 Å². The average molecular weight is 722 g/mol. The van der Waals surface area contributed by atoms with Crippen molar-refractivity contribution in [3.8, 4) is 33.7 Å². The second kappa shape index (κ2) is 12.6. The van der Waals surface area contributed by atoms with Gasteiger partial charge in [0.2, 0.25) is 5.89 Å². The zero-order chi connectivity index (χ0) is 30.9. The van der Waals surface area contributed by atoms with Crippen LogP contribution < -0.4 is 0 Å². The zero-order valence-corrected chi connectivity index (χ0v) is 27.8. The van der Waals surface area contributed by atoms with Gasteiger partial charge in [0.15, 0.2) is 5.58 Å². The molecule has 0 fully saturated rings. The van der Waals surface area contributed by atoms with Crippen LogP contribution in [0.2, 0.25) is 0 Å². The van der Waals surface area contributed by atoms with Crippen LogP contribution in [0.3, 0.4) is 0 Å². The van der Waals surface area contributed by atoms with Crippen LogP contribution in [-0.4, -0.2) is 4.98 Å². The Morgan fingerprint density at radius 1 is 0.565 bits per heavy atom. The molecule has 0 saturated heterocycles. The van der Waals surface area contributed by atoms with E-state index in [1.54, 1.807) is 8.93 Å². The second-order valence-electron chi connectivity index (χ2n) is 11.4. The summed E-state index contributed by atoms with van der Waals surface area (Å²) in [7, 11) is 1.74. The molecule has 1 aliphatic rings. The summed E-state index contributed by atoms with van der Waals surface area (Å²) in [5, 5.41) is 2.45. The van der Waals surface area contributed by atoms with E-state index in [4.69, 9.17) is 4.42 Å². The smallest absolute Gasteiger partial charge is 0.227 e. The lowest BCUT2D eigenvalue weighted by molar-refractivity contribution is 0.620. The molecule has 0 N–H and O–H groups in total. The fourth-order valence-electron chi connectivity index (χ4n) is 6.01. The minimum Gasteiger partial charge on any atom is -0.436 e. The van der Waals surface area contributed by atoms with E-state index in [2.05, 4.69) is 160 Å². The fraction of sp³-hybridized carbons (Fsp3) is 0.0238. The van der Waals surface area contributed by atoms with E-state index in [0.29, 0.717) is 5.89 Å². The third kappa shape index (κ3) is 5.86. The van der Waals surface area contributed by atoms with E-state index in [-0.39, 0.29) is 0 Å². The highest BCUT2D eigenvalue weighted by Gasteiger charge is 2.10. The average Bonchev–Trinajstić information content (AvgIpc) is 3.41. The van der Waals surface area contributed by atoms with Gasteiger partial charge in [0, 0.05) is 31.7 Å². The molecule has 0 unspecified atom stereocenters. The summed E-state index contributed by atoms with van der Waals surface area (Å²) < 4.78 is 5.96. The van der Waals surface area contributed by atoms with Crippen LogP contribution in [0.15, 0.2) is 167 Å². The van der Waals surface area contributed by atoms with Gasteiger partial charge in [-0.05, 0) is 110 Å². The Kier molecular flexibility index (Phi) is 7.90. The maximum atomic E-state index is 5.96. The van der Waals surface area contributed by atoms with Gasteiger partial charge in [0.05, 0.1) is 0 Å². The van der Waals surface area contributed by atoms with Crippen LogP contribution in [0.5, 0.6) is 0 Å². The Bertz CT molecular complexity index is 2260. The summed E-state index contributed by atoms with van der Waals surface area (Å²) in [6.07, 6.45) is 9.95. The van der Waals surface area contributed by atoms with Crippen LogP contribution in [-0.2, 0) is 0 Å². The van der Waals surface area contributed by atoms with Crippen molar-refractivity contribution in [1.82, 2.24) is 4.98 Å². The fourth-order valence-corrected chi connectivity index (χ4v) is 7.13. The molecule has 46 heavy (non-hydrogen) atoms. The number of allylic oxidation sites excluding steroid dienone is 6. The van der Waals surface area contributed by atoms with Crippen LogP contribution >= 0.6 is 30.1 Å². The molecule has 0 aliphatic heterocycles. The van der Waals surface area contributed by atoms with Crippen molar-refractivity contribution in [2.24, 2.45) is 0 Å². The number of hydrogen-bond donors (Lipinski definition) is 0. The maximum Gasteiger partial charge on any atom is 0.227 e. The molecule has 8 rings (SSSR count). The van der Waals surface area contributed by atoms with E-state index in [9.17, 15) is 0 Å². The highest BCUT2D eigenvalue weighted by Crippen LogP contribution is 2.33. The van der Waals surface area contributed by atoms with Crippen molar-refractivity contribution in [3.63, 3.8) is 0 Å². The monoisotopic (exact) mass is 721 g/mol. The first-order valence-electron chi connectivity index (χ1n) is 15.3.